The first-order valence-electron chi connectivity index (χ1n) is 33.6. The van der Waals surface area contributed by atoms with E-state index in [1.807, 2.05) is 21.1 Å². The number of phosphoric ester groups is 1. The van der Waals surface area contributed by atoms with E-state index in [1.165, 1.54) is 154 Å². The van der Waals surface area contributed by atoms with Crippen molar-refractivity contribution in [1.29, 1.82) is 0 Å². The molecule has 0 fully saturated rings. The molecule has 0 aliphatic carbocycles. The van der Waals surface area contributed by atoms with Crippen molar-refractivity contribution in [3.63, 3.8) is 0 Å². The predicted molar refractivity (Wildman–Crippen MR) is 351 cm³/mol. The van der Waals surface area contributed by atoms with Crippen LogP contribution < -0.4 is 4.89 Å². The van der Waals surface area contributed by atoms with E-state index in [4.69, 9.17) is 18.5 Å². The fraction of sp³-hybridized carbons (Fsp3) is 0.722. The van der Waals surface area contributed by atoms with Crippen molar-refractivity contribution in [2.45, 2.75) is 290 Å². The maximum absolute atomic E-state index is 12.8. The van der Waals surface area contributed by atoms with Gasteiger partial charge in [-0.25, -0.2) is 0 Å². The molecule has 0 aromatic rings. The van der Waals surface area contributed by atoms with Gasteiger partial charge in [0.2, 0.25) is 0 Å². The lowest BCUT2D eigenvalue weighted by Gasteiger charge is -2.28. The number of esters is 2. The maximum Gasteiger partial charge on any atom is 0.306 e. The minimum absolute atomic E-state index is 0.0371. The Labute approximate surface area is 506 Å². The molecule has 0 saturated heterocycles. The third-order valence-corrected chi connectivity index (χ3v) is 15.2. The van der Waals surface area contributed by atoms with Crippen LogP contribution in [-0.4, -0.2) is 70.0 Å². The molecule has 0 heterocycles. The van der Waals surface area contributed by atoms with Gasteiger partial charge in [0, 0.05) is 12.8 Å². The van der Waals surface area contributed by atoms with Gasteiger partial charge in [-0.3, -0.25) is 14.2 Å². The molecule has 0 aromatic carbocycles. The average molecular weight is 1160 g/mol. The summed E-state index contributed by atoms with van der Waals surface area (Å²) in [5, 5.41) is 0. The minimum Gasteiger partial charge on any atom is -0.756 e. The van der Waals surface area contributed by atoms with E-state index in [2.05, 4.69) is 123 Å². The molecular formula is C72H126NO8P. The van der Waals surface area contributed by atoms with Crippen molar-refractivity contribution in [3.8, 4) is 0 Å². The zero-order chi connectivity index (χ0) is 59.8. The average Bonchev–Trinajstić information content (AvgIpc) is 3.46. The largest absolute Gasteiger partial charge is 0.756 e. The first-order valence-corrected chi connectivity index (χ1v) is 35.1. The van der Waals surface area contributed by atoms with Gasteiger partial charge in [-0.2, -0.15) is 0 Å². The van der Waals surface area contributed by atoms with E-state index in [1.54, 1.807) is 0 Å². The van der Waals surface area contributed by atoms with Crippen LogP contribution in [0.2, 0.25) is 0 Å². The molecule has 0 N–H and O–H groups in total. The summed E-state index contributed by atoms with van der Waals surface area (Å²) in [7, 11) is 1.15. The molecule has 0 rings (SSSR count). The number of hydrogen-bond acceptors (Lipinski definition) is 8. The first kappa shape index (κ1) is 78.7. The van der Waals surface area contributed by atoms with Crippen molar-refractivity contribution >= 4 is 19.8 Å². The second-order valence-corrected chi connectivity index (χ2v) is 24.9. The molecule has 0 saturated carbocycles. The number of allylic oxidation sites excluding steroid dienone is 18. The van der Waals surface area contributed by atoms with E-state index in [9.17, 15) is 19.0 Å². The number of ether oxygens (including phenoxy) is 2. The lowest BCUT2D eigenvalue weighted by atomic mass is 10.0. The highest BCUT2D eigenvalue weighted by atomic mass is 31.2. The molecule has 0 bridgehead atoms. The first-order chi connectivity index (χ1) is 40.0. The summed E-state index contributed by atoms with van der Waals surface area (Å²) in [5.74, 6) is -0.841. The van der Waals surface area contributed by atoms with E-state index in [-0.39, 0.29) is 32.0 Å². The third kappa shape index (κ3) is 65.8. The van der Waals surface area contributed by atoms with E-state index < -0.39 is 26.5 Å². The quantitative estimate of drug-likeness (QED) is 0.0195. The van der Waals surface area contributed by atoms with Gasteiger partial charge < -0.3 is 27.9 Å². The summed E-state index contributed by atoms with van der Waals surface area (Å²) in [4.78, 5) is 38.0. The van der Waals surface area contributed by atoms with Crippen LogP contribution in [0.4, 0.5) is 0 Å². The number of nitrogens with zero attached hydrogens (tertiary/aromatic N) is 1. The number of phosphoric acid groups is 1. The summed E-state index contributed by atoms with van der Waals surface area (Å²) in [6.07, 6.45) is 87.2. The maximum atomic E-state index is 12.8. The van der Waals surface area contributed by atoms with Crippen molar-refractivity contribution in [2.75, 3.05) is 47.5 Å². The molecule has 472 valence electrons. The number of quaternary nitrogens is 1. The Morgan fingerprint density at radius 3 is 1.04 bits per heavy atom. The molecule has 0 aliphatic rings. The Morgan fingerprint density at radius 2 is 0.695 bits per heavy atom. The number of rotatable bonds is 61. The fourth-order valence-electron chi connectivity index (χ4n) is 9.14. The SMILES string of the molecule is CC/C=C\C/C=C\C/C=C\C/C=C\C/C=C\C/C=C\CCCCCCCCCCC(=O)OC(COC(=O)CCCCCCCCCCCCCCCCCC/C=C\C/C=C\C/C=C\CCCCCCC)COP(=O)([O-])OCC[N+](C)(C)C. The Morgan fingerprint density at radius 1 is 0.390 bits per heavy atom. The third-order valence-electron chi connectivity index (χ3n) is 14.3. The molecule has 0 spiro atoms. The van der Waals surface area contributed by atoms with E-state index >= 15 is 0 Å². The molecule has 0 aliphatic heterocycles. The lowest BCUT2D eigenvalue weighted by molar-refractivity contribution is -0.870. The van der Waals surface area contributed by atoms with Crippen LogP contribution in [0.25, 0.3) is 0 Å². The second kappa shape index (κ2) is 62.2. The molecule has 82 heavy (non-hydrogen) atoms. The molecule has 0 amide bonds. The molecule has 2 atom stereocenters. The fourth-order valence-corrected chi connectivity index (χ4v) is 9.87. The molecule has 0 radical (unpaired) electrons. The van der Waals surface area contributed by atoms with Gasteiger partial charge >= 0.3 is 11.9 Å². The Hall–Kier alpha value is -3.33. The van der Waals surface area contributed by atoms with Crippen LogP contribution in [0, 0.1) is 0 Å². The van der Waals surface area contributed by atoms with Gasteiger partial charge in [0.05, 0.1) is 27.7 Å². The molecule has 0 aromatic heterocycles. The zero-order valence-corrected chi connectivity index (χ0v) is 54.6. The summed E-state index contributed by atoms with van der Waals surface area (Å²) in [6.45, 7) is 4.12. The number of hydrogen-bond donors (Lipinski definition) is 0. The van der Waals surface area contributed by atoms with Crippen molar-refractivity contribution in [2.24, 2.45) is 0 Å². The molecule has 10 heteroatoms. The second-order valence-electron chi connectivity index (χ2n) is 23.5. The standard InChI is InChI=1S/C72H126NO8P/c1-6-8-10-12-14-16-18-20-22-24-26-28-30-32-34-35-36-37-39-40-42-44-46-48-50-52-54-56-58-60-62-64-71(74)78-68-70(69-80-82(76,77)79-67-66-73(3,4)5)81-72(75)65-63-61-59-57-55-53-51-49-47-45-43-41-38-33-31-29-27-25-23-21-19-17-15-13-11-9-7-2/h9,11,15,17-18,20-21,23-24,26-27,29-30,32-33,38,43,45,70H,6-8,10,12-14,16,19,22,25,28,31,34-37,39-42,44,46-69H2,1-5H3/b11-9-,17-15-,20-18-,23-21-,26-24-,29-27-,32-30-,38-33-,45-43-. The highest BCUT2D eigenvalue weighted by molar-refractivity contribution is 7.45. The van der Waals surface area contributed by atoms with Gasteiger partial charge in [0.25, 0.3) is 7.82 Å². The van der Waals surface area contributed by atoms with Crippen molar-refractivity contribution < 1.29 is 42.1 Å². The Bertz CT molecular complexity index is 1750. The van der Waals surface area contributed by atoms with Crippen LogP contribution >= 0.6 is 7.82 Å². The Balaban J connectivity index is 4.10. The molecule has 9 nitrogen and oxygen atoms in total. The predicted octanol–water partition coefficient (Wildman–Crippen LogP) is 21.1. The minimum atomic E-state index is -4.65. The number of carbonyl (C=O) groups is 2. The Kier molecular flexibility index (Phi) is 59.7. The van der Waals surface area contributed by atoms with Crippen molar-refractivity contribution in [3.05, 3.63) is 109 Å². The van der Waals surface area contributed by atoms with Gasteiger partial charge in [0.1, 0.15) is 19.8 Å². The topological polar surface area (TPSA) is 111 Å². The highest BCUT2D eigenvalue weighted by Crippen LogP contribution is 2.38. The number of unbranched alkanes of at least 4 members (excludes halogenated alkanes) is 29. The van der Waals surface area contributed by atoms with Crippen LogP contribution in [0.15, 0.2) is 109 Å². The van der Waals surface area contributed by atoms with Crippen LogP contribution in [-0.2, 0) is 32.7 Å². The summed E-state index contributed by atoms with van der Waals surface area (Å²) in [5.41, 5.74) is 0. The molecule has 2 unspecified atom stereocenters. The van der Waals surface area contributed by atoms with Crippen LogP contribution in [0.3, 0.4) is 0 Å². The van der Waals surface area contributed by atoms with Gasteiger partial charge in [-0.1, -0.05) is 277 Å². The highest BCUT2D eigenvalue weighted by Gasteiger charge is 2.22. The van der Waals surface area contributed by atoms with Gasteiger partial charge in [-0.15, -0.1) is 0 Å². The summed E-state index contributed by atoms with van der Waals surface area (Å²) >= 11 is 0. The lowest BCUT2D eigenvalue weighted by Crippen LogP contribution is -2.37. The number of carbonyl (C=O) groups excluding carboxylic acids is 2. The summed E-state index contributed by atoms with van der Waals surface area (Å²) in [6, 6.07) is 0. The van der Waals surface area contributed by atoms with E-state index in [0.717, 1.165) is 96.3 Å². The van der Waals surface area contributed by atoms with Crippen molar-refractivity contribution in [1.82, 2.24) is 0 Å². The van der Waals surface area contributed by atoms with Gasteiger partial charge in [0.15, 0.2) is 6.10 Å². The zero-order valence-electron chi connectivity index (χ0n) is 53.7. The normalized spacial score (nSPS) is 13.9. The van der Waals surface area contributed by atoms with Gasteiger partial charge in [-0.05, 0) is 103 Å². The summed E-state index contributed by atoms with van der Waals surface area (Å²) < 4.78 is 34.3. The van der Waals surface area contributed by atoms with Crippen LogP contribution in [0.1, 0.15) is 284 Å². The molecular weight excluding hydrogens is 1040 g/mol. The number of likely N-dealkylation sites (N-methyl/N-ethyl adjacent to an activating group) is 1. The smallest absolute Gasteiger partial charge is 0.306 e. The van der Waals surface area contributed by atoms with Crippen LogP contribution in [0.5, 0.6) is 0 Å². The monoisotopic (exact) mass is 1160 g/mol. The van der Waals surface area contributed by atoms with E-state index in [0.29, 0.717) is 17.4 Å².